The molecule has 0 rings (SSSR count). The van der Waals surface area contributed by atoms with Gasteiger partial charge >= 0.3 is 11.9 Å². The third-order valence-corrected chi connectivity index (χ3v) is 5.36. The molecule has 4 heteroatoms. The van der Waals surface area contributed by atoms with Gasteiger partial charge in [-0.2, -0.15) is 0 Å². The number of carbonyl (C=O) groups is 2. The molecule has 0 spiro atoms. The summed E-state index contributed by atoms with van der Waals surface area (Å²) in [5.74, 6) is -1.59. The summed E-state index contributed by atoms with van der Waals surface area (Å²) in [6, 6.07) is 0. The predicted molar refractivity (Wildman–Crippen MR) is 128 cm³/mol. The topological polar surface area (TPSA) is 74.6 Å². The molecule has 0 aliphatic rings. The van der Waals surface area contributed by atoms with E-state index in [1.807, 2.05) is 0 Å². The van der Waals surface area contributed by atoms with Crippen molar-refractivity contribution in [1.82, 2.24) is 0 Å². The summed E-state index contributed by atoms with van der Waals surface area (Å²) in [6.45, 7) is 6.88. The molecule has 178 valence electrons. The maximum Gasteiger partial charge on any atom is 0.330 e. The van der Waals surface area contributed by atoms with Gasteiger partial charge in [0.2, 0.25) is 0 Å². The highest BCUT2D eigenvalue weighted by Gasteiger charge is 1.97. The van der Waals surface area contributed by atoms with Gasteiger partial charge in [-0.3, -0.25) is 4.79 Å². The summed E-state index contributed by atoms with van der Waals surface area (Å²) in [5.41, 5.74) is 0.176. The van der Waals surface area contributed by atoms with Crippen molar-refractivity contribution in [2.45, 2.75) is 142 Å². The number of hydrogen-bond donors (Lipinski definition) is 2. The normalized spacial score (nSPS) is 10.3. The van der Waals surface area contributed by atoms with E-state index in [0.29, 0.717) is 6.42 Å². The van der Waals surface area contributed by atoms with Crippen LogP contribution in [0.5, 0.6) is 0 Å². The van der Waals surface area contributed by atoms with Crippen LogP contribution >= 0.6 is 0 Å². The first-order chi connectivity index (χ1) is 14.4. The average Bonchev–Trinajstić information content (AvgIpc) is 2.70. The number of carboxylic acid groups (broad SMARTS) is 2. The third-order valence-electron chi connectivity index (χ3n) is 5.36. The quantitative estimate of drug-likeness (QED) is 0.142. The van der Waals surface area contributed by atoms with Gasteiger partial charge in [0.15, 0.2) is 0 Å². The summed E-state index contributed by atoms with van der Waals surface area (Å²) >= 11 is 0. The summed E-state index contributed by atoms with van der Waals surface area (Å²) < 4.78 is 0. The van der Waals surface area contributed by atoms with Crippen LogP contribution in [0.3, 0.4) is 0 Å². The molecule has 0 bridgehead atoms. The predicted octanol–water partition coefficient (Wildman–Crippen LogP) is 8.54. The molecule has 0 saturated carbocycles. The minimum atomic E-state index is -0.935. The molecule has 0 aromatic rings. The molecule has 0 heterocycles. The van der Waals surface area contributed by atoms with E-state index in [2.05, 4.69) is 13.5 Å². The van der Waals surface area contributed by atoms with Gasteiger partial charge in [-0.1, -0.05) is 129 Å². The van der Waals surface area contributed by atoms with E-state index in [9.17, 15) is 9.59 Å². The average molecular weight is 427 g/mol. The molecule has 0 aromatic carbocycles. The second kappa shape index (κ2) is 25.7. The standard InChI is InChI=1S/C22H44O2.C4H6O2/c1-2-3-4-5-6-7-8-9-10-11-12-13-14-15-16-17-18-19-20-21-22(23)24;1-3(2)4(5)6/h2-21H2,1H3,(H,23,24);1H2,2H3,(H,5,6). The van der Waals surface area contributed by atoms with Crippen molar-refractivity contribution in [2.75, 3.05) is 0 Å². The fourth-order valence-electron chi connectivity index (χ4n) is 3.35. The Morgan fingerprint density at radius 1 is 0.567 bits per heavy atom. The molecule has 0 unspecified atom stereocenters. The maximum absolute atomic E-state index is 10.4. The lowest BCUT2D eigenvalue weighted by Crippen LogP contribution is -1.93. The minimum Gasteiger partial charge on any atom is -0.481 e. The van der Waals surface area contributed by atoms with Gasteiger partial charge in [0, 0.05) is 12.0 Å². The Balaban J connectivity index is 0. The fourth-order valence-corrected chi connectivity index (χ4v) is 3.35. The van der Waals surface area contributed by atoms with Crippen LogP contribution in [0.15, 0.2) is 12.2 Å². The van der Waals surface area contributed by atoms with Crippen LogP contribution < -0.4 is 0 Å². The van der Waals surface area contributed by atoms with E-state index in [0.717, 1.165) is 12.8 Å². The lowest BCUT2D eigenvalue weighted by molar-refractivity contribution is -0.137. The third kappa shape index (κ3) is 31.4. The summed E-state index contributed by atoms with van der Waals surface area (Å²) in [5, 5.41) is 16.4. The van der Waals surface area contributed by atoms with Crippen molar-refractivity contribution in [3.63, 3.8) is 0 Å². The van der Waals surface area contributed by atoms with Gasteiger partial charge in [0.05, 0.1) is 0 Å². The highest BCUT2D eigenvalue weighted by molar-refractivity contribution is 5.84. The Bertz CT molecular complexity index is 392. The van der Waals surface area contributed by atoms with Crippen molar-refractivity contribution in [2.24, 2.45) is 0 Å². The molecular weight excluding hydrogens is 376 g/mol. The molecule has 30 heavy (non-hydrogen) atoms. The number of unbranched alkanes of at least 4 members (excludes halogenated alkanes) is 18. The Kier molecular flexibility index (Phi) is 26.5. The Hall–Kier alpha value is -1.32. The van der Waals surface area contributed by atoms with Gasteiger partial charge in [-0.25, -0.2) is 4.79 Å². The second-order valence-corrected chi connectivity index (χ2v) is 8.59. The molecule has 0 atom stereocenters. The lowest BCUT2D eigenvalue weighted by atomic mass is 10.0. The van der Waals surface area contributed by atoms with Gasteiger partial charge < -0.3 is 10.2 Å². The number of carboxylic acids is 2. The monoisotopic (exact) mass is 426 g/mol. The maximum atomic E-state index is 10.4. The van der Waals surface area contributed by atoms with Crippen molar-refractivity contribution in [3.05, 3.63) is 12.2 Å². The van der Waals surface area contributed by atoms with Crippen LogP contribution in [0.4, 0.5) is 0 Å². The smallest absolute Gasteiger partial charge is 0.330 e. The SMILES string of the molecule is C=C(C)C(=O)O.CCCCCCCCCCCCCCCCCCCCCC(=O)O. The van der Waals surface area contributed by atoms with E-state index in [1.54, 1.807) is 0 Å². The molecule has 2 N–H and O–H groups in total. The Morgan fingerprint density at radius 2 is 0.800 bits per heavy atom. The largest absolute Gasteiger partial charge is 0.481 e. The van der Waals surface area contributed by atoms with E-state index < -0.39 is 11.9 Å². The first-order valence-corrected chi connectivity index (χ1v) is 12.5. The fraction of sp³-hybridized carbons (Fsp3) is 0.846. The van der Waals surface area contributed by atoms with Crippen LogP contribution in [0.2, 0.25) is 0 Å². The molecule has 0 radical (unpaired) electrons. The van der Waals surface area contributed by atoms with Gasteiger partial charge in [-0.15, -0.1) is 0 Å². The van der Waals surface area contributed by atoms with E-state index in [-0.39, 0.29) is 5.57 Å². The molecule has 0 aliphatic carbocycles. The van der Waals surface area contributed by atoms with Crippen LogP contribution in [0, 0.1) is 0 Å². The highest BCUT2D eigenvalue weighted by Crippen LogP contribution is 2.14. The molecular formula is C26H50O4. The first kappa shape index (κ1) is 30.9. The number of rotatable bonds is 21. The van der Waals surface area contributed by atoms with Crippen molar-refractivity contribution >= 4 is 11.9 Å². The highest BCUT2D eigenvalue weighted by atomic mass is 16.4. The van der Waals surface area contributed by atoms with Crippen molar-refractivity contribution < 1.29 is 19.8 Å². The molecule has 0 aliphatic heterocycles. The number of hydrogen-bond acceptors (Lipinski definition) is 2. The Morgan fingerprint density at radius 3 is 1.00 bits per heavy atom. The van der Waals surface area contributed by atoms with Crippen LogP contribution in [-0.2, 0) is 9.59 Å². The van der Waals surface area contributed by atoms with E-state index >= 15 is 0 Å². The lowest BCUT2D eigenvalue weighted by Gasteiger charge is -2.03. The van der Waals surface area contributed by atoms with Crippen LogP contribution in [0.1, 0.15) is 142 Å². The van der Waals surface area contributed by atoms with Gasteiger partial charge in [0.25, 0.3) is 0 Å². The molecule has 0 aromatic heterocycles. The van der Waals surface area contributed by atoms with Crippen LogP contribution in [0.25, 0.3) is 0 Å². The number of aliphatic carboxylic acids is 2. The van der Waals surface area contributed by atoms with Crippen molar-refractivity contribution in [3.8, 4) is 0 Å². The molecule has 0 amide bonds. The zero-order chi connectivity index (χ0) is 22.9. The van der Waals surface area contributed by atoms with E-state index in [4.69, 9.17) is 10.2 Å². The zero-order valence-electron chi connectivity index (χ0n) is 20.1. The Labute approximate surface area is 186 Å². The van der Waals surface area contributed by atoms with Gasteiger partial charge in [0.1, 0.15) is 0 Å². The molecule has 4 nitrogen and oxygen atoms in total. The summed E-state index contributed by atoms with van der Waals surface area (Å²) in [7, 11) is 0. The van der Waals surface area contributed by atoms with E-state index in [1.165, 1.54) is 116 Å². The van der Waals surface area contributed by atoms with Gasteiger partial charge in [-0.05, 0) is 13.3 Å². The van der Waals surface area contributed by atoms with Crippen molar-refractivity contribution in [1.29, 1.82) is 0 Å². The zero-order valence-corrected chi connectivity index (χ0v) is 20.1. The van der Waals surface area contributed by atoms with Crippen LogP contribution in [-0.4, -0.2) is 22.2 Å². The molecule has 0 fully saturated rings. The first-order valence-electron chi connectivity index (χ1n) is 12.5. The summed E-state index contributed by atoms with van der Waals surface area (Å²) in [6.07, 6.45) is 26.1. The second-order valence-electron chi connectivity index (χ2n) is 8.59. The summed E-state index contributed by atoms with van der Waals surface area (Å²) in [4.78, 5) is 20.0. The molecule has 0 saturated heterocycles. The minimum absolute atomic E-state index is 0.176.